The monoisotopic (exact) mass is 666 g/mol. The quantitative estimate of drug-likeness (QED) is 0.400. The Balaban J connectivity index is 0.000000396. The van der Waals surface area contributed by atoms with Crippen molar-refractivity contribution in [1.29, 1.82) is 0 Å². The summed E-state index contributed by atoms with van der Waals surface area (Å²) >= 11 is 0. The maximum absolute atomic E-state index is 10.6. The third-order valence-electron chi connectivity index (χ3n) is 5.73. The molecule has 0 atom stereocenters. The van der Waals surface area contributed by atoms with Gasteiger partial charge in [0.2, 0.25) is 0 Å². The fraction of sp³-hybridized carbons (Fsp3) is 0.480. The summed E-state index contributed by atoms with van der Waals surface area (Å²) in [4.78, 5) is 40.6. The van der Waals surface area contributed by atoms with E-state index in [4.69, 9.17) is 39.4 Å². The maximum Gasteiger partial charge on any atom is 0.490 e. The van der Waals surface area contributed by atoms with E-state index >= 15 is 0 Å². The standard InChI is InChI=1S/C19H24N4O.3C2HF3O2/c1-3-16(13-20-7-1)14-23-10-9-22(18-5-11-24-12-6-18)15-17-4-2-8-21-19(17)23;3*3-2(4,5)1(6)7/h1-4,7-8,13,18H,5-6,9-12,14-15H2;3*(H,6,7). The molecule has 252 valence electrons. The molecule has 0 unspecified atom stereocenters. The Morgan fingerprint density at radius 2 is 1.29 bits per heavy atom. The largest absolute Gasteiger partial charge is 0.490 e. The smallest absolute Gasteiger partial charge is 0.475 e. The van der Waals surface area contributed by atoms with Crippen molar-refractivity contribution in [3.8, 4) is 0 Å². The number of carboxylic acids is 3. The number of nitrogens with zero attached hydrogens (tertiary/aromatic N) is 4. The van der Waals surface area contributed by atoms with Gasteiger partial charge >= 0.3 is 36.4 Å². The van der Waals surface area contributed by atoms with Crippen LogP contribution in [-0.4, -0.2) is 99.0 Å². The average molecular weight is 666 g/mol. The van der Waals surface area contributed by atoms with E-state index in [9.17, 15) is 39.5 Å². The molecule has 1 saturated heterocycles. The second kappa shape index (κ2) is 17.3. The number of aliphatic carboxylic acids is 3. The molecule has 0 aliphatic carbocycles. The molecule has 2 aliphatic heterocycles. The molecule has 0 spiro atoms. The van der Waals surface area contributed by atoms with Crippen LogP contribution in [0.15, 0.2) is 42.9 Å². The van der Waals surface area contributed by atoms with Gasteiger partial charge in [-0.15, -0.1) is 0 Å². The number of hydrogen-bond donors (Lipinski definition) is 3. The zero-order valence-electron chi connectivity index (χ0n) is 22.9. The van der Waals surface area contributed by atoms with Crippen molar-refractivity contribution in [2.24, 2.45) is 0 Å². The van der Waals surface area contributed by atoms with Crippen molar-refractivity contribution in [1.82, 2.24) is 14.9 Å². The SMILES string of the molecule is O=C(O)C(F)(F)F.O=C(O)C(F)(F)F.O=C(O)C(F)(F)F.c1cncc(CN2CCN(C3CCOCC3)Cc3cccnc32)c1. The van der Waals surface area contributed by atoms with Gasteiger partial charge < -0.3 is 25.0 Å². The van der Waals surface area contributed by atoms with E-state index in [0.717, 1.165) is 58.1 Å². The fourth-order valence-electron chi connectivity index (χ4n) is 3.72. The van der Waals surface area contributed by atoms with E-state index in [1.54, 1.807) is 0 Å². The third-order valence-corrected chi connectivity index (χ3v) is 5.73. The second-order valence-corrected chi connectivity index (χ2v) is 8.99. The summed E-state index contributed by atoms with van der Waals surface area (Å²) in [7, 11) is 0. The number of rotatable bonds is 3. The fourth-order valence-corrected chi connectivity index (χ4v) is 3.72. The molecule has 2 aliphatic rings. The number of halogens is 9. The molecule has 4 heterocycles. The van der Waals surface area contributed by atoms with E-state index in [-0.39, 0.29) is 0 Å². The first-order valence-electron chi connectivity index (χ1n) is 12.5. The lowest BCUT2D eigenvalue weighted by molar-refractivity contribution is -0.193. The van der Waals surface area contributed by atoms with E-state index < -0.39 is 36.4 Å². The molecule has 1 fully saturated rings. The van der Waals surface area contributed by atoms with E-state index in [2.05, 4.69) is 33.0 Å². The van der Waals surface area contributed by atoms with Crippen LogP contribution in [0.1, 0.15) is 24.0 Å². The van der Waals surface area contributed by atoms with Crippen LogP contribution in [0.25, 0.3) is 0 Å². The topological polar surface area (TPSA) is 153 Å². The molecule has 3 N–H and O–H groups in total. The number of anilines is 1. The highest BCUT2D eigenvalue weighted by Crippen LogP contribution is 2.27. The van der Waals surface area contributed by atoms with Gasteiger partial charge in [0, 0.05) is 69.6 Å². The molecule has 2 aromatic rings. The van der Waals surface area contributed by atoms with E-state index in [0.29, 0.717) is 6.04 Å². The van der Waals surface area contributed by atoms with Crippen molar-refractivity contribution in [2.45, 2.75) is 50.5 Å². The first-order valence-corrected chi connectivity index (χ1v) is 12.5. The van der Waals surface area contributed by atoms with Crippen LogP contribution in [0.2, 0.25) is 0 Å². The van der Waals surface area contributed by atoms with Crippen LogP contribution in [-0.2, 0) is 32.2 Å². The number of fused-ring (bicyclic) bond motifs is 1. The van der Waals surface area contributed by atoms with Gasteiger partial charge in [-0.25, -0.2) is 19.4 Å². The van der Waals surface area contributed by atoms with Crippen molar-refractivity contribution < 1.29 is 74.0 Å². The van der Waals surface area contributed by atoms with Crippen LogP contribution in [0.4, 0.5) is 45.3 Å². The van der Waals surface area contributed by atoms with Gasteiger partial charge in [-0.2, -0.15) is 39.5 Å². The summed E-state index contributed by atoms with van der Waals surface area (Å²) in [6.07, 6.45) is -7.30. The van der Waals surface area contributed by atoms with Gasteiger partial charge in [0.15, 0.2) is 0 Å². The summed E-state index contributed by atoms with van der Waals surface area (Å²) in [6, 6.07) is 9.03. The van der Waals surface area contributed by atoms with Crippen LogP contribution in [0.5, 0.6) is 0 Å². The van der Waals surface area contributed by atoms with Gasteiger partial charge in [-0.3, -0.25) is 9.88 Å². The zero-order chi connectivity index (χ0) is 34.4. The van der Waals surface area contributed by atoms with Crippen molar-refractivity contribution in [3.05, 3.63) is 54.0 Å². The molecule has 0 aromatic carbocycles. The minimum Gasteiger partial charge on any atom is -0.475 e. The molecule has 45 heavy (non-hydrogen) atoms. The first-order chi connectivity index (χ1) is 20.7. The zero-order valence-corrected chi connectivity index (χ0v) is 22.9. The third kappa shape index (κ3) is 14.9. The molecule has 0 radical (unpaired) electrons. The van der Waals surface area contributed by atoms with Crippen molar-refractivity contribution in [2.75, 3.05) is 31.2 Å². The number of aromatic nitrogens is 2. The van der Waals surface area contributed by atoms with Crippen molar-refractivity contribution >= 4 is 23.7 Å². The van der Waals surface area contributed by atoms with Gasteiger partial charge in [-0.1, -0.05) is 12.1 Å². The number of alkyl halides is 9. The number of ether oxygens (including phenoxy) is 1. The number of carbonyl (C=O) groups is 3. The Hall–Kier alpha value is -4.20. The Bertz CT molecular complexity index is 1170. The predicted octanol–water partition coefficient (Wildman–Crippen LogP) is 4.38. The van der Waals surface area contributed by atoms with Crippen molar-refractivity contribution in [3.63, 3.8) is 0 Å². The Labute approximate surface area is 248 Å². The normalized spacial score (nSPS) is 15.8. The summed E-state index contributed by atoms with van der Waals surface area (Å²) in [6.45, 7) is 5.69. The van der Waals surface area contributed by atoms with Gasteiger partial charge in [0.25, 0.3) is 0 Å². The highest BCUT2D eigenvalue weighted by molar-refractivity contribution is 5.73. The Kier molecular flexibility index (Phi) is 15.0. The highest BCUT2D eigenvalue weighted by Gasteiger charge is 2.39. The molecule has 11 nitrogen and oxygen atoms in total. The lowest BCUT2D eigenvalue weighted by Gasteiger charge is -2.33. The minimum absolute atomic E-state index is 0.630. The predicted molar refractivity (Wildman–Crippen MR) is 135 cm³/mol. The lowest BCUT2D eigenvalue weighted by Crippen LogP contribution is -2.41. The summed E-state index contributed by atoms with van der Waals surface area (Å²) in [5.41, 5.74) is 2.55. The summed E-state index contributed by atoms with van der Waals surface area (Å²) < 4.78 is 101. The van der Waals surface area contributed by atoms with E-state index in [1.807, 2.05) is 24.7 Å². The van der Waals surface area contributed by atoms with Crippen LogP contribution in [0.3, 0.4) is 0 Å². The first kappa shape index (κ1) is 38.8. The molecular weight excluding hydrogens is 639 g/mol. The molecule has 0 bridgehead atoms. The van der Waals surface area contributed by atoms with Crippen LogP contribution >= 0.6 is 0 Å². The van der Waals surface area contributed by atoms with Gasteiger partial charge in [-0.05, 0) is 30.5 Å². The number of pyridine rings is 2. The van der Waals surface area contributed by atoms with Crippen LogP contribution in [0, 0.1) is 0 Å². The average Bonchev–Trinajstić information content (AvgIpc) is 3.13. The number of carboxylic acid groups (broad SMARTS) is 3. The van der Waals surface area contributed by atoms with Gasteiger partial charge in [0.1, 0.15) is 5.82 Å². The molecule has 0 saturated carbocycles. The lowest BCUT2D eigenvalue weighted by atomic mass is 10.1. The Morgan fingerprint density at radius 3 is 1.73 bits per heavy atom. The Morgan fingerprint density at radius 1 is 0.800 bits per heavy atom. The maximum atomic E-state index is 10.6. The number of hydrogen-bond acceptors (Lipinski definition) is 8. The molecule has 0 amide bonds. The minimum atomic E-state index is -5.08. The molecule has 4 rings (SSSR count). The van der Waals surface area contributed by atoms with Gasteiger partial charge in [0.05, 0.1) is 0 Å². The van der Waals surface area contributed by atoms with E-state index in [1.165, 1.54) is 11.1 Å². The second-order valence-electron chi connectivity index (χ2n) is 8.99. The molecular formula is C25H27F9N4O7. The molecule has 2 aromatic heterocycles. The summed E-state index contributed by atoms with van der Waals surface area (Å²) in [5.74, 6) is -7.15. The molecule has 20 heteroatoms. The van der Waals surface area contributed by atoms with Crippen LogP contribution < -0.4 is 4.90 Å². The summed E-state index contributed by atoms with van der Waals surface area (Å²) in [5, 5.41) is 21.4. The highest BCUT2D eigenvalue weighted by atomic mass is 19.4.